The minimum Gasteiger partial charge on any atom is -0.497 e. The summed E-state index contributed by atoms with van der Waals surface area (Å²) in [4.78, 5) is 7.06. The molecule has 0 radical (unpaired) electrons. The van der Waals surface area contributed by atoms with E-state index in [1.54, 1.807) is 27.3 Å². The zero-order valence-corrected chi connectivity index (χ0v) is 20.3. The highest BCUT2D eigenvalue weighted by atomic mass is 16.5. The zero-order chi connectivity index (χ0) is 24.0. The van der Waals surface area contributed by atoms with E-state index in [4.69, 9.17) is 19.2 Å². The molecule has 0 bridgehead atoms. The standard InChI is InChI=1S/C24H35N5O4/c1-16(2)21-14-26-29-23(28(4)7-8-31-5)12-22(27-24(21)29)17-9-19(32-6)11-20(10-17)33-15-18(30)13-25-3/h9-12,14,16,18,25,30H,7-8,13,15H2,1-6H3. The molecule has 3 rings (SSSR count). The summed E-state index contributed by atoms with van der Waals surface area (Å²) in [6, 6.07) is 7.66. The van der Waals surface area contributed by atoms with Crippen molar-refractivity contribution in [1.82, 2.24) is 19.9 Å². The average molecular weight is 458 g/mol. The number of likely N-dealkylation sites (N-methyl/N-ethyl adjacent to an activating group) is 2. The van der Waals surface area contributed by atoms with E-state index in [1.165, 1.54) is 0 Å². The van der Waals surface area contributed by atoms with E-state index in [9.17, 15) is 5.11 Å². The summed E-state index contributed by atoms with van der Waals surface area (Å²) in [5, 5.41) is 17.6. The van der Waals surface area contributed by atoms with Crippen molar-refractivity contribution in [1.29, 1.82) is 0 Å². The van der Waals surface area contributed by atoms with Gasteiger partial charge in [-0.15, -0.1) is 0 Å². The number of hydrogen-bond acceptors (Lipinski definition) is 8. The van der Waals surface area contributed by atoms with Crippen LogP contribution in [0.5, 0.6) is 11.5 Å². The molecule has 2 aromatic heterocycles. The molecule has 9 nitrogen and oxygen atoms in total. The second-order valence-corrected chi connectivity index (χ2v) is 8.32. The Morgan fingerprint density at radius 1 is 1.15 bits per heavy atom. The lowest BCUT2D eigenvalue weighted by atomic mass is 10.1. The van der Waals surface area contributed by atoms with Crippen molar-refractivity contribution in [2.75, 3.05) is 59.5 Å². The minimum absolute atomic E-state index is 0.172. The van der Waals surface area contributed by atoms with E-state index >= 15 is 0 Å². The normalized spacial score (nSPS) is 12.4. The lowest BCUT2D eigenvalue weighted by Gasteiger charge is -2.21. The van der Waals surface area contributed by atoms with Crippen LogP contribution in [0.3, 0.4) is 0 Å². The van der Waals surface area contributed by atoms with Gasteiger partial charge in [0.1, 0.15) is 30.0 Å². The summed E-state index contributed by atoms with van der Waals surface area (Å²) in [5.74, 6) is 2.45. The number of nitrogens with zero attached hydrogens (tertiary/aromatic N) is 4. The van der Waals surface area contributed by atoms with Gasteiger partial charge in [-0.05, 0) is 25.1 Å². The molecule has 0 saturated heterocycles. The van der Waals surface area contributed by atoms with Crippen LogP contribution in [0.25, 0.3) is 16.9 Å². The van der Waals surface area contributed by atoms with Crippen molar-refractivity contribution in [2.24, 2.45) is 0 Å². The van der Waals surface area contributed by atoms with Gasteiger partial charge in [0.25, 0.3) is 0 Å². The second-order valence-electron chi connectivity index (χ2n) is 8.32. The van der Waals surface area contributed by atoms with E-state index in [0.717, 1.165) is 28.3 Å². The van der Waals surface area contributed by atoms with Gasteiger partial charge in [0.05, 0.1) is 25.6 Å². The van der Waals surface area contributed by atoms with Gasteiger partial charge in [-0.25, -0.2) is 4.98 Å². The zero-order valence-electron chi connectivity index (χ0n) is 20.3. The monoisotopic (exact) mass is 457 g/mol. The van der Waals surface area contributed by atoms with Gasteiger partial charge in [0.15, 0.2) is 5.65 Å². The van der Waals surface area contributed by atoms with E-state index in [2.05, 4.69) is 29.2 Å². The maximum atomic E-state index is 10.0. The predicted molar refractivity (Wildman–Crippen MR) is 130 cm³/mol. The summed E-state index contributed by atoms with van der Waals surface area (Å²) in [6.45, 7) is 6.19. The molecular weight excluding hydrogens is 422 g/mol. The fraction of sp³-hybridized carbons (Fsp3) is 0.500. The number of nitrogens with one attached hydrogen (secondary N) is 1. The van der Waals surface area contributed by atoms with E-state index in [-0.39, 0.29) is 12.5 Å². The Hall–Kier alpha value is -2.88. The molecule has 0 amide bonds. The average Bonchev–Trinajstić information content (AvgIpc) is 3.25. The van der Waals surface area contributed by atoms with Crippen molar-refractivity contribution < 1.29 is 19.3 Å². The van der Waals surface area contributed by atoms with Crippen LogP contribution in [0, 0.1) is 0 Å². The third kappa shape index (κ3) is 5.93. The SMILES string of the molecule is CNCC(O)COc1cc(OC)cc(-c2cc(N(C)CCOC)n3ncc(C(C)C)c3n2)c1. The molecule has 0 aliphatic carbocycles. The number of ether oxygens (including phenoxy) is 3. The van der Waals surface area contributed by atoms with Crippen molar-refractivity contribution in [3.05, 3.63) is 36.0 Å². The fourth-order valence-electron chi connectivity index (χ4n) is 3.54. The summed E-state index contributed by atoms with van der Waals surface area (Å²) in [6.07, 6.45) is 1.27. The molecule has 2 heterocycles. The van der Waals surface area contributed by atoms with Crippen molar-refractivity contribution in [3.63, 3.8) is 0 Å². The van der Waals surface area contributed by atoms with Gasteiger partial charge in [0, 0.05) is 50.5 Å². The molecule has 0 aliphatic heterocycles. The summed E-state index contributed by atoms with van der Waals surface area (Å²) in [7, 11) is 7.11. The highest BCUT2D eigenvalue weighted by molar-refractivity contribution is 5.70. The first-order valence-corrected chi connectivity index (χ1v) is 11.1. The molecule has 1 aromatic carbocycles. The molecule has 0 saturated carbocycles. The Balaban J connectivity index is 2.07. The quantitative estimate of drug-likeness (QED) is 0.429. The number of benzene rings is 1. The molecule has 0 aliphatic rings. The highest BCUT2D eigenvalue weighted by Gasteiger charge is 2.18. The lowest BCUT2D eigenvalue weighted by molar-refractivity contribution is 0.108. The smallest absolute Gasteiger partial charge is 0.161 e. The van der Waals surface area contributed by atoms with Crippen molar-refractivity contribution >= 4 is 11.5 Å². The Morgan fingerprint density at radius 2 is 1.91 bits per heavy atom. The summed E-state index contributed by atoms with van der Waals surface area (Å²) < 4.78 is 18.5. The van der Waals surface area contributed by atoms with Crippen LogP contribution < -0.4 is 19.7 Å². The van der Waals surface area contributed by atoms with Crippen LogP contribution in [0.4, 0.5) is 5.82 Å². The molecule has 1 unspecified atom stereocenters. The molecule has 180 valence electrons. The first-order valence-electron chi connectivity index (χ1n) is 11.1. The number of hydrogen-bond donors (Lipinski definition) is 2. The Morgan fingerprint density at radius 3 is 2.58 bits per heavy atom. The van der Waals surface area contributed by atoms with Crippen LogP contribution in [0.1, 0.15) is 25.3 Å². The molecule has 9 heteroatoms. The molecule has 33 heavy (non-hydrogen) atoms. The molecule has 0 fully saturated rings. The number of aliphatic hydroxyl groups is 1. The number of aliphatic hydroxyl groups excluding tert-OH is 1. The van der Waals surface area contributed by atoms with Crippen LogP contribution in [0.15, 0.2) is 30.5 Å². The topological polar surface area (TPSA) is 93.4 Å². The van der Waals surface area contributed by atoms with Crippen LogP contribution >= 0.6 is 0 Å². The molecule has 2 N–H and O–H groups in total. The Bertz CT molecular complexity index is 1050. The van der Waals surface area contributed by atoms with Crippen LogP contribution in [-0.4, -0.2) is 80.4 Å². The highest BCUT2D eigenvalue weighted by Crippen LogP contribution is 2.32. The minimum atomic E-state index is -0.611. The number of anilines is 1. The number of aromatic nitrogens is 3. The number of rotatable bonds is 12. The van der Waals surface area contributed by atoms with E-state index in [1.807, 2.05) is 36.0 Å². The van der Waals surface area contributed by atoms with Crippen LogP contribution in [-0.2, 0) is 4.74 Å². The molecular formula is C24H35N5O4. The third-order valence-electron chi connectivity index (χ3n) is 5.42. The molecule has 3 aromatic rings. The van der Waals surface area contributed by atoms with Gasteiger partial charge < -0.3 is 29.5 Å². The second kappa shape index (κ2) is 11.3. The third-order valence-corrected chi connectivity index (χ3v) is 5.42. The number of methoxy groups -OCH3 is 2. The van der Waals surface area contributed by atoms with Crippen molar-refractivity contribution in [2.45, 2.75) is 25.9 Å². The first-order chi connectivity index (χ1) is 15.9. The number of fused-ring (bicyclic) bond motifs is 1. The van der Waals surface area contributed by atoms with Crippen molar-refractivity contribution in [3.8, 4) is 22.8 Å². The van der Waals surface area contributed by atoms with Gasteiger partial charge in [0.2, 0.25) is 0 Å². The molecule has 0 spiro atoms. The molecule has 1 atom stereocenters. The Kier molecular flexibility index (Phi) is 8.49. The van der Waals surface area contributed by atoms with E-state index < -0.39 is 6.10 Å². The van der Waals surface area contributed by atoms with Gasteiger partial charge in [-0.1, -0.05) is 13.8 Å². The lowest BCUT2D eigenvalue weighted by Crippen LogP contribution is -2.29. The largest absolute Gasteiger partial charge is 0.497 e. The summed E-state index contributed by atoms with van der Waals surface area (Å²) in [5.41, 5.74) is 3.53. The van der Waals surface area contributed by atoms with E-state index in [0.29, 0.717) is 31.2 Å². The maximum Gasteiger partial charge on any atom is 0.161 e. The van der Waals surface area contributed by atoms with Gasteiger partial charge in [-0.3, -0.25) is 0 Å². The maximum absolute atomic E-state index is 10.0. The van der Waals surface area contributed by atoms with Gasteiger partial charge in [-0.2, -0.15) is 9.61 Å². The summed E-state index contributed by atoms with van der Waals surface area (Å²) >= 11 is 0. The first kappa shape index (κ1) is 24.8. The fourth-order valence-corrected chi connectivity index (χ4v) is 3.54. The predicted octanol–water partition coefficient (Wildman–Crippen LogP) is 2.57. The Labute approximate surface area is 195 Å². The van der Waals surface area contributed by atoms with Gasteiger partial charge >= 0.3 is 0 Å². The van der Waals surface area contributed by atoms with Crippen LogP contribution in [0.2, 0.25) is 0 Å².